The first-order valence-electron chi connectivity index (χ1n) is 42.9. The van der Waals surface area contributed by atoms with Crippen LogP contribution in [0.5, 0.6) is 0 Å². The van der Waals surface area contributed by atoms with Crippen LogP contribution in [-0.2, 0) is 23.7 Å². The Bertz CT molecular complexity index is 1690. The number of hydrogen-bond acceptors (Lipinski definition) is 13. The van der Waals surface area contributed by atoms with Crippen molar-refractivity contribution in [3.8, 4) is 0 Å². The molecule has 0 aliphatic carbocycles. The summed E-state index contributed by atoms with van der Waals surface area (Å²) in [5.41, 5.74) is 0. The van der Waals surface area contributed by atoms with E-state index in [0.717, 1.165) is 44.9 Å². The molecule has 2 fully saturated rings. The van der Waals surface area contributed by atoms with E-state index in [0.29, 0.717) is 0 Å². The number of carbonyl (C=O) groups excluding carboxylic acids is 1. The molecule has 0 bridgehead atoms. The minimum atomic E-state index is -1.79. The molecule has 12 unspecified atom stereocenters. The van der Waals surface area contributed by atoms with Crippen LogP contribution in [0.25, 0.3) is 0 Å². The van der Waals surface area contributed by atoms with Gasteiger partial charge in [-0.05, 0) is 19.3 Å². The summed E-state index contributed by atoms with van der Waals surface area (Å²) >= 11 is 0. The Balaban J connectivity index is 1.59. The van der Waals surface area contributed by atoms with Crippen molar-refractivity contribution in [2.45, 2.75) is 498 Å². The molecule has 0 aromatic carbocycles. The summed E-state index contributed by atoms with van der Waals surface area (Å²) in [6.07, 6.45) is 71.8. The number of carbonyl (C=O) groups is 1. The van der Waals surface area contributed by atoms with Crippen molar-refractivity contribution in [1.82, 2.24) is 5.32 Å². The molecule has 0 aromatic rings. The van der Waals surface area contributed by atoms with E-state index >= 15 is 0 Å². The van der Waals surface area contributed by atoms with Gasteiger partial charge in [0.1, 0.15) is 48.8 Å². The van der Waals surface area contributed by atoms with Crippen LogP contribution in [0.4, 0.5) is 0 Å². The maximum Gasteiger partial charge on any atom is 0.220 e. The van der Waals surface area contributed by atoms with E-state index in [9.17, 15) is 45.6 Å². The number of amides is 1. The van der Waals surface area contributed by atoms with E-state index in [-0.39, 0.29) is 18.9 Å². The standard InChI is InChI=1S/C84H163NO13/c1-3-5-7-9-11-13-15-17-19-21-23-25-27-29-31-33-35-36-38-39-41-43-45-47-49-51-53-55-57-59-61-63-65-67-73(88)72(71-95-83-81(94)79(92)82(75(70-87)97-83)98-84-80(93)78(91)77(90)74(69-86)96-84)85-76(89)68-66-64-62-60-58-56-54-52-50-48-46-44-42-40-37-34-32-30-28-26-24-22-20-18-16-14-12-10-8-6-4-2/h65,67,72-75,77-84,86-88,90-94H,3-64,66,68-71H2,1-2H3,(H,85,89)/b67-65+. The van der Waals surface area contributed by atoms with Gasteiger partial charge in [0.05, 0.1) is 32.0 Å². The highest BCUT2D eigenvalue weighted by Gasteiger charge is 2.51. The molecule has 14 nitrogen and oxygen atoms in total. The second-order valence-electron chi connectivity index (χ2n) is 30.7. The first-order valence-corrected chi connectivity index (χ1v) is 42.9. The number of hydrogen-bond donors (Lipinski definition) is 9. The molecule has 0 radical (unpaired) electrons. The molecule has 9 N–H and O–H groups in total. The minimum Gasteiger partial charge on any atom is -0.394 e. The average Bonchev–Trinajstić information content (AvgIpc) is 0.793. The fourth-order valence-electron chi connectivity index (χ4n) is 14.7. The van der Waals surface area contributed by atoms with Gasteiger partial charge in [0.15, 0.2) is 12.6 Å². The van der Waals surface area contributed by atoms with Crippen LogP contribution in [0.15, 0.2) is 12.2 Å². The Morgan fingerprint density at radius 1 is 0.357 bits per heavy atom. The van der Waals surface area contributed by atoms with Crippen molar-refractivity contribution < 1.29 is 64.6 Å². The van der Waals surface area contributed by atoms with Crippen LogP contribution < -0.4 is 5.32 Å². The maximum absolute atomic E-state index is 13.4. The van der Waals surface area contributed by atoms with Gasteiger partial charge in [0.25, 0.3) is 0 Å². The smallest absolute Gasteiger partial charge is 0.220 e. The van der Waals surface area contributed by atoms with E-state index in [1.807, 2.05) is 6.08 Å². The lowest BCUT2D eigenvalue weighted by molar-refractivity contribution is -0.359. The summed E-state index contributed by atoms with van der Waals surface area (Å²) in [4.78, 5) is 13.4. The monoisotopic (exact) mass is 1390 g/mol. The topological polar surface area (TPSA) is 228 Å². The van der Waals surface area contributed by atoms with Gasteiger partial charge in [-0.15, -0.1) is 0 Å². The maximum atomic E-state index is 13.4. The molecule has 2 aliphatic heterocycles. The van der Waals surface area contributed by atoms with Crippen molar-refractivity contribution >= 4 is 5.91 Å². The van der Waals surface area contributed by atoms with Gasteiger partial charge in [-0.25, -0.2) is 0 Å². The number of rotatable bonds is 74. The summed E-state index contributed by atoms with van der Waals surface area (Å²) in [6.45, 7) is 2.89. The Hall–Kier alpha value is -1.27. The Morgan fingerprint density at radius 2 is 0.633 bits per heavy atom. The first-order chi connectivity index (χ1) is 48.1. The van der Waals surface area contributed by atoms with E-state index in [1.54, 1.807) is 6.08 Å². The quantitative estimate of drug-likeness (QED) is 0.0204. The second kappa shape index (κ2) is 68.8. The molecular weight excluding hydrogens is 1230 g/mol. The van der Waals surface area contributed by atoms with Crippen LogP contribution in [0.1, 0.15) is 425 Å². The van der Waals surface area contributed by atoms with Gasteiger partial charge < -0.3 is 65.1 Å². The highest BCUT2D eigenvalue weighted by atomic mass is 16.7. The minimum absolute atomic E-state index is 0.228. The van der Waals surface area contributed by atoms with Crippen molar-refractivity contribution in [2.24, 2.45) is 0 Å². The zero-order valence-corrected chi connectivity index (χ0v) is 64.1. The number of aliphatic hydroxyl groups excluding tert-OH is 8. The third-order valence-electron chi connectivity index (χ3n) is 21.5. The van der Waals surface area contributed by atoms with Crippen LogP contribution in [-0.4, -0.2) is 140 Å². The largest absolute Gasteiger partial charge is 0.394 e. The van der Waals surface area contributed by atoms with Gasteiger partial charge in [-0.1, -0.05) is 411 Å². The summed E-state index contributed by atoms with van der Waals surface area (Å²) < 4.78 is 23.0. The van der Waals surface area contributed by atoms with Crippen LogP contribution in [0.2, 0.25) is 0 Å². The number of nitrogens with one attached hydrogen (secondary N) is 1. The van der Waals surface area contributed by atoms with Crippen LogP contribution >= 0.6 is 0 Å². The first kappa shape index (κ1) is 92.8. The number of unbranched alkanes of at least 4 members (excludes halogenated alkanes) is 61. The number of allylic oxidation sites excluding steroid dienone is 1. The zero-order chi connectivity index (χ0) is 70.8. The zero-order valence-electron chi connectivity index (χ0n) is 64.1. The molecular formula is C84H163NO13. The lowest BCUT2D eigenvalue weighted by atomic mass is 9.97. The molecule has 2 saturated heterocycles. The molecule has 1 amide bonds. The predicted octanol–water partition coefficient (Wildman–Crippen LogP) is 20.0. The van der Waals surface area contributed by atoms with E-state index < -0.39 is 86.8 Å². The molecule has 0 aromatic heterocycles. The summed E-state index contributed by atoms with van der Waals surface area (Å²) in [5, 5.41) is 87.8. The average molecular weight is 1400 g/mol. The number of aliphatic hydroxyl groups is 8. The third-order valence-corrected chi connectivity index (χ3v) is 21.5. The van der Waals surface area contributed by atoms with Crippen molar-refractivity contribution in [2.75, 3.05) is 19.8 Å². The molecule has 2 rings (SSSR count). The molecule has 2 aliphatic rings. The lowest BCUT2D eigenvalue weighted by Gasteiger charge is -2.46. The van der Waals surface area contributed by atoms with Crippen LogP contribution in [0.3, 0.4) is 0 Å². The molecule has 0 saturated carbocycles. The SMILES string of the molecule is CCCCCCCCCCCCCCCCCCCCCCCCCCCCCCCCC/C=C/C(O)C(COC1OC(CO)C(OC2OC(CO)C(O)C(O)C2O)C(O)C1O)NC(=O)CCCCCCCCCCCCCCCCCCCCCCCCCCCCCCCCC. The molecule has 98 heavy (non-hydrogen) atoms. The van der Waals surface area contributed by atoms with E-state index in [1.165, 1.54) is 360 Å². The number of ether oxygens (including phenoxy) is 4. The van der Waals surface area contributed by atoms with Gasteiger partial charge in [-0.3, -0.25) is 4.79 Å². The van der Waals surface area contributed by atoms with Crippen molar-refractivity contribution in [3.63, 3.8) is 0 Å². The fourth-order valence-corrected chi connectivity index (χ4v) is 14.7. The molecule has 2 heterocycles. The highest BCUT2D eigenvalue weighted by molar-refractivity contribution is 5.76. The lowest BCUT2D eigenvalue weighted by Crippen LogP contribution is -2.65. The summed E-state index contributed by atoms with van der Waals surface area (Å²) in [5.74, 6) is -0.228. The predicted molar refractivity (Wildman–Crippen MR) is 406 cm³/mol. The van der Waals surface area contributed by atoms with Crippen molar-refractivity contribution in [1.29, 1.82) is 0 Å². The molecule has 582 valence electrons. The molecule has 14 heteroatoms. The highest BCUT2D eigenvalue weighted by Crippen LogP contribution is 2.31. The second-order valence-corrected chi connectivity index (χ2v) is 30.7. The van der Waals surface area contributed by atoms with Gasteiger partial charge in [0, 0.05) is 6.42 Å². The Morgan fingerprint density at radius 3 is 0.939 bits per heavy atom. The fraction of sp³-hybridized carbons (Fsp3) is 0.964. The van der Waals surface area contributed by atoms with Crippen LogP contribution in [0, 0.1) is 0 Å². The normalized spacial score (nSPS) is 22.0. The van der Waals surface area contributed by atoms with E-state index in [4.69, 9.17) is 18.9 Å². The van der Waals surface area contributed by atoms with Gasteiger partial charge >= 0.3 is 0 Å². The third kappa shape index (κ3) is 51.0. The van der Waals surface area contributed by atoms with Gasteiger partial charge in [0.2, 0.25) is 5.91 Å². The summed E-state index contributed by atoms with van der Waals surface area (Å²) in [6, 6.07) is -0.913. The Kier molecular flexibility index (Phi) is 65.2. The molecule has 12 atom stereocenters. The van der Waals surface area contributed by atoms with Crippen molar-refractivity contribution in [3.05, 3.63) is 12.2 Å². The summed E-state index contributed by atoms with van der Waals surface area (Å²) in [7, 11) is 0. The Labute approximate surface area is 603 Å². The van der Waals surface area contributed by atoms with E-state index in [2.05, 4.69) is 19.2 Å². The molecule has 0 spiro atoms. The van der Waals surface area contributed by atoms with Gasteiger partial charge in [-0.2, -0.15) is 0 Å².